The standard InChI is InChI=1S/C14H15ClN4/c1-2-6-19-7-5-17-14(19)10-18-12-4-3-11(9-16)13(15)8-12/h3-5,7-8,18H,2,6,10H2,1H3. The van der Waals surface area contributed by atoms with Gasteiger partial charge in [-0.25, -0.2) is 4.98 Å². The van der Waals surface area contributed by atoms with Crippen molar-refractivity contribution < 1.29 is 0 Å². The topological polar surface area (TPSA) is 53.6 Å². The first kappa shape index (κ1) is 13.4. The zero-order chi connectivity index (χ0) is 13.7. The molecule has 0 amide bonds. The molecule has 0 atom stereocenters. The predicted octanol–water partition coefficient (Wildman–Crippen LogP) is 3.43. The zero-order valence-corrected chi connectivity index (χ0v) is 11.5. The molecule has 0 radical (unpaired) electrons. The van der Waals surface area contributed by atoms with Crippen molar-refractivity contribution >= 4 is 17.3 Å². The largest absolute Gasteiger partial charge is 0.378 e. The van der Waals surface area contributed by atoms with E-state index < -0.39 is 0 Å². The van der Waals surface area contributed by atoms with Gasteiger partial charge in [0.05, 0.1) is 17.1 Å². The number of anilines is 1. The summed E-state index contributed by atoms with van der Waals surface area (Å²) >= 11 is 5.99. The Labute approximate surface area is 117 Å². The summed E-state index contributed by atoms with van der Waals surface area (Å²) in [6, 6.07) is 7.36. The molecule has 0 spiro atoms. The van der Waals surface area contributed by atoms with Crippen LogP contribution < -0.4 is 5.32 Å². The molecule has 1 aromatic carbocycles. The Kier molecular flexibility index (Phi) is 4.43. The molecule has 98 valence electrons. The van der Waals surface area contributed by atoms with Crippen LogP contribution in [0.5, 0.6) is 0 Å². The maximum absolute atomic E-state index is 8.82. The first-order chi connectivity index (χ1) is 9.24. The van der Waals surface area contributed by atoms with E-state index >= 15 is 0 Å². The fourth-order valence-electron chi connectivity index (χ4n) is 1.85. The number of aryl methyl sites for hydroxylation is 1. The minimum Gasteiger partial charge on any atom is -0.378 e. The molecule has 2 aromatic rings. The van der Waals surface area contributed by atoms with Gasteiger partial charge in [-0.15, -0.1) is 0 Å². The first-order valence-electron chi connectivity index (χ1n) is 6.18. The van der Waals surface area contributed by atoms with Gasteiger partial charge >= 0.3 is 0 Å². The molecule has 1 N–H and O–H groups in total. The molecule has 1 aromatic heterocycles. The predicted molar refractivity (Wildman–Crippen MR) is 76.0 cm³/mol. The summed E-state index contributed by atoms with van der Waals surface area (Å²) in [5, 5.41) is 12.5. The lowest BCUT2D eigenvalue weighted by Crippen LogP contribution is -2.08. The highest BCUT2D eigenvalue weighted by atomic mass is 35.5. The Balaban J connectivity index is 2.04. The van der Waals surface area contributed by atoms with Crippen LogP contribution >= 0.6 is 11.6 Å². The van der Waals surface area contributed by atoms with Crippen LogP contribution in [-0.4, -0.2) is 9.55 Å². The number of imidazole rings is 1. The third kappa shape index (κ3) is 3.27. The van der Waals surface area contributed by atoms with Crippen molar-refractivity contribution in [3.05, 3.63) is 47.0 Å². The molecule has 19 heavy (non-hydrogen) atoms. The second-order valence-electron chi connectivity index (χ2n) is 4.20. The number of aromatic nitrogens is 2. The average molecular weight is 275 g/mol. The highest BCUT2D eigenvalue weighted by Crippen LogP contribution is 2.20. The van der Waals surface area contributed by atoms with Crippen molar-refractivity contribution in [2.24, 2.45) is 0 Å². The van der Waals surface area contributed by atoms with Crippen molar-refractivity contribution in [2.75, 3.05) is 5.32 Å². The number of hydrogen-bond acceptors (Lipinski definition) is 3. The van der Waals surface area contributed by atoms with Gasteiger partial charge in [0.15, 0.2) is 0 Å². The van der Waals surface area contributed by atoms with E-state index in [9.17, 15) is 0 Å². The van der Waals surface area contributed by atoms with E-state index in [0.29, 0.717) is 17.1 Å². The number of hydrogen-bond donors (Lipinski definition) is 1. The fraction of sp³-hybridized carbons (Fsp3) is 0.286. The lowest BCUT2D eigenvalue weighted by Gasteiger charge is -2.09. The van der Waals surface area contributed by atoms with Crippen LogP contribution in [0.4, 0.5) is 5.69 Å². The molecular formula is C14H15ClN4. The minimum atomic E-state index is 0.462. The Morgan fingerprint density at radius 3 is 3.00 bits per heavy atom. The van der Waals surface area contributed by atoms with Crippen LogP contribution in [0.25, 0.3) is 0 Å². The third-order valence-corrected chi connectivity index (χ3v) is 3.12. The highest BCUT2D eigenvalue weighted by molar-refractivity contribution is 6.32. The van der Waals surface area contributed by atoms with Gasteiger partial charge in [0.25, 0.3) is 0 Å². The minimum absolute atomic E-state index is 0.462. The summed E-state index contributed by atoms with van der Waals surface area (Å²) in [5.74, 6) is 0.988. The maximum Gasteiger partial charge on any atom is 0.128 e. The van der Waals surface area contributed by atoms with E-state index in [2.05, 4.69) is 21.8 Å². The highest BCUT2D eigenvalue weighted by Gasteiger charge is 2.04. The monoisotopic (exact) mass is 274 g/mol. The van der Waals surface area contributed by atoms with Crippen LogP contribution in [0.3, 0.4) is 0 Å². The van der Waals surface area contributed by atoms with Gasteiger partial charge < -0.3 is 9.88 Å². The van der Waals surface area contributed by atoms with Crippen LogP contribution in [0.15, 0.2) is 30.6 Å². The fourth-order valence-corrected chi connectivity index (χ4v) is 2.07. The Morgan fingerprint density at radius 2 is 2.32 bits per heavy atom. The van der Waals surface area contributed by atoms with Gasteiger partial charge in [0, 0.05) is 24.6 Å². The Hall–Kier alpha value is -1.99. The second kappa shape index (κ2) is 6.26. The average Bonchev–Trinajstić information content (AvgIpc) is 2.84. The van der Waals surface area contributed by atoms with Crippen molar-refractivity contribution in [3.8, 4) is 6.07 Å². The van der Waals surface area contributed by atoms with Crippen molar-refractivity contribution in [2.45, 2.75) is 26.4 Å². The van der Waals surface area contributed by atoms with E-state index in [0.717, 1.165) is 24.5 Å². The summed E-state index contributed by atoms with van der Waals surface area (Å²) in [4.78, 5) is 4.32. The molecule has 0 aliphatic heterocycles. The SMILES string of the molecule is CCCn1ccnc1CNc1ccc(C#N)c(Cl)c1. The van der Waals surface area contributed by atoms with Crippen molar-refractivity contribution in [1.82, 2.24) is 9.55 Å². The smallest absolute Gasteiger partial charge is 0.128 e. The summed E-state index contributed by atoms with van der Waals surface area (Å²) in [7, 11) is 0. The molecule has 0 aliphatic carbocycles. The summed E-state index contributed by atoms with van der Waals surface area (Å²) in [6.45, 7) is 3.73. The van der Waals surface area contributed by atoms with Crippen molar-refractivity contribution in [1.29, 1.82) is 5.26 Å². The van der Waals surface area contributed by atoms with Crippen molar-refractivity contribution in [3.63, 3.8) is 0 Å². The van der Waals surface area contributed by atoms with Crippen LogP contribution in [-0.2, 0) is 13.1 Å². The van der Waals surface area contributed by atoms with E-state index in [1.165, 1.54) is 0 Å². The molecular weight excluding hydrogens is 260 g/mol. The van der Waals surface area contributed by atoms with E-state index in [1.807, 2.05) is 18.3 Å². The molecule has 5 heteroatoms. The number of nitrogens with one attached hydrogen (secondary N) is 1. The van der Waals surface area contributed by atoms with Gasteiger partial charge in [-0.1, -0.05) is 18.5 Å². The van der Waals surface area contributed by atoms with Gasteiger partial charge in [-0.05, 0) is 24.6 Å². The second-order valence-corrected chi connectivity index (χ2v) is 4.60. The molecule has 0 aliphatic rings. The van der Waals surface area contributed by atoms with Crippen LogP contribution in [0.2, 0.25) is 5.02 Å². The number of nitriles is 1. The quantitative estimate of drug-likeness (QED) is 0.909. The number of nitrogens with zero attached hydrogens (tertiary/aromatic N) is 3. The van der Waals surface area contributed by atoms with Gasteiger partial charge in [0.1, 0.15) is 11.9 Å². The molecule has 0 saturated heterocycles. The normalized spacial score (nSPS) is 10.2. The lowest BCUT2D eigenvalue weighted by molar-refractivity contribution is 0.644. The molecule has 4 nitrogen and oxygen atoms in total. The Bertz CT molecular complexity index is 598. The number of benzene rings is 1. The molecule has 0 bridgehead atoms. The first-order valence-corrected chi connectivity index (χ1v) is 6.56. The molecule has 1 heterocycles. The Morgan fingerprint density at radius 1 is 1.47 bits per heavy atom. The number of halogens is 1. The van der Waals surface area contributed by atoms with E-state index in [4.69, 9.17) is 16.9 Å². The summed E-state index contributed by atoms with van der Waals surface area (Å²) in [5.41, 5.74) is 1.37. The van der Waals surface area contributed by atoms with E-state index in [-0.39, 0.29) is 0 Å². The van der Waals surface area contributed by atoms with Gasteiger partial charge in [-0.2, -0.15) is 5.26 Å². The molecule has 0 saturated carbocycles. The number of rotatable bonds is 5. The lowest BCUT2D eigenvalue weighted by atomic mass is 10.2. The zero-order valence-electron chi connectivity index (χ0n) is 10.7. The molecule has 0 fully saturated rings. The molecule has 0 unspecified atom stereocenters. The van der Waals surface area contributed by atoms with Gasteiger partial charge in [0.2, 0.25) is 0 Å². The summed E-state index contributed by atoms with van der Waals surface area (Å²) < 4.78 is 2.12. The maximum atomic E-state index is 8.82. The summed E-state index contributed by atoms with van der Waals surface area (Å²) in [6.07, 6.45) is 4.86. The third-order valence-electron chi connectivity index (χ3n) is 2.81. The van der Waals surface area contributed by atoms with Crippen LogP contribution in [0, 0.1) is 11.3 Å². The van der Waals surface area contributed by atoms with Gasteiger partial charge in [-0.3, -0.25) is 0 Å². The molecule has 2 rings (SSSR count). The van der Waals surface area contributed by atoms with Crippen LogP contribution in [0.1, 0.15) is 24.7 Å². The van der Waals surface area contributed by atoms with E-state index in [1.54, 1.807) is 18.3 Å².